The van der Waals surface area contributed by atoms with Gasteiger partial charge >= 0.3 is 5.97 Å². The Kier molecular flexibility index (Phi) is 4.37. The summed E-state index contributed by atoms with van der Waals surface area (Å²) in [7, 11) is 0. The fourth-order valence-electron chi connectivity index (χ4n) is 2.15. The normalized spacial score (nSPS) is 13.4. The molecule has 0 atom stereocenters. The summed E-state index contributed by atoms with van der Waals surface area (Å²) in [5.74, 6) is -1.74. The summed E-state index contributed by atoms with van der Waals surface area (Å²) in [6, 6.07) is 12.5. The van der Waals surface area contributed by atoms with Crippen LogP contribution >= 0.6 is 0 Å². The van der Waals surface area contributed by atoms with Crippen LogP contribution in [0.4, 0.5) is 4.39 Å². The molecule has 1 amide bonds. The maximum atomic E-state index is 14.4. The third-order valence-electron chi connectivity index (χ3n) is 3.67. The van der Waals surface area contributed by atoms with E-state index < -0.39 is 17.7 Å². The number of halogens is 1. The van der Waals surface area contributed by atoms with Crippen molar-refractivity contribution in [2.75, 3.05) is 6.54 Å². The summed E-state index contributed by atoms with van der Waals surface area (Å²) in [6.07, 6.45) is 2.19. The minimum Gasteiger partial charge on any atom is -0.420 e. The number of benzene rings is 2. The second kappa shape index (κ2) is 6.60. The van der Waals surface area contributed by atoms with Crippen molar-refractivity contribution in [3.05, 3.63) is 65.5 Å². The quantitative estimate of drug-likeness (QED) is 0.681. The first kappa shape index (κ1) is 15.2. The molecule has 0 radical (unpaired) electrons. The third-order valence-corrected chi connectivity index (χ3v) is 3.67. The smallest absolute Gasteiger partial charge is 0.343 e. The Morgan fingerprint density at radius 1 is 1.09 bits per heavy atom. The highest BCUT2D eigenvalue weighted by Gasteiger charge is 2.23. The Morgan fingerprint density at radius 2 is 1.83 bits per heavy atom. The summed E-state index contributed by atoms with van der Waals surface area (Å²) >= 11 is 0. The Labute approximate surface area is 133 Å². The van der Waals surface area contributed by atoms with Crippen LogP contribution in [0.3, 0.4) is 0 Å². The molecule has 118 valence electrons. The van der Waals surface area contributed by atoms with Crippen molar-refractivity contribution in [1.82, 2.24) is 5.32 Å². The standard InChI is InChI=1S/C18H16FNO3/c19-16-14(17(21)20-11-12-9-10-12)7-4-8-15(16)23-18(22)13-5-2-1-3-6-13/h1-8,12H,9-11H2,(H,20,21). The van der Waals surface area contributed by atoms with E-state index in [1.807, 2.05) is 0 Å². The predicted octanol–water partition coefficient (Wildman–Crippen LogP) is 3.18. The first-order chi connectivity index (χ1) is 11.1. The average Bonchev–Trinajstić information content (AvgIpc) is 3.39. The summed E-state index contributed by atoms with van der Waals surface area (Å²) in [5.41, 5.74) is 0.194. The largest absolute Gasteiger partial charge is 0.420 e. The van der Waals surface area contributed by atoms with E-state index >= 15 is 0 Å². The van der Waals surface area contributed by atoms with Gasteiger partial charge in [-0.1, -0.05) is 24.3 Å². The van der Waals surface area contributed by atoms with Crippen LogP contribution in [0.2, 0.25) is 0 Å². The van der Waals surface area contributed by atoms with Crippen LogP contribution in [-0.2, 0) is 0 Å². The molecule has 1 aliphatic rings. The lowest BCUT2D eigenvalue weighted by molar-refractivity contribution is 0.0725. The van der Waals surface area contributed by atoms with Crippen molar-refractivity contribution < 1.29 is 18.7 Å². The van der Waals surface area contributed by atoms with Crippen LogP contribution < -0.4 is 10.1 Å². The van der Waals surface area contributed by atoms with Gasteiger partial charge in [-0.3, -0.25) is 4.79 Å². The first-order valence-electron chi connectivity index (χ1n) is 7.49. The molecule has 1 aliphatic carbocycles. The molecule has 0 spiro atoms. The zero-order valence-corrected chi connectivity index (χ0v) is 12.4. The van der Waals surface area contributed by atoms with E-state index in [4.69, 9.17) is 4.74 Å². The third kappa shape index (κ3) is 3.74. The maximum Gasteiger partial charge on any atom is 0.343 e. The number of rotatable bonds is 5. The summed E-state index contributed by atoms with van der Waals surface area (Å²) < 4.78 is 19.5. The molecule has 1 N–H and O–H groups in total. The summed E-state index contributed by atoms with van der Waals surface area (Å²) in [4.78, 5) is 24.0. The van der Waals surface area contributed by atoms with Crippen LogP contribution in [0.25, 0.3) is 0 Å². The van der Waals surface area contributed by atoms with Gasteiger partial charge in [0.05, 0.1) is 11.1 Å². The SMILES string of the molecule is O=C(Oc1cccc(C(=O)NCC2CC2)c1F)c1ccccc1. The van der Waals surface area contributed by atoms with Gasteiger partial charge in [0.25, 0.3) is 5.91 Å². The molecular weight excluding hydrogens is 297 g/mol. The van der Waals surface area contributed by atoms with Crippen LogP contribution in [0.5, 0.6) is 5.75 Å². The molecule has 5 heteroatoms. The van der Waals surface area contributed by atoms with Crippen LogP contribution in [0.1, 0.15) is 33.6 Å². The molecule has 4 nitrogen and oxygen atoms in total. The predicted molar refractivity (Wildman–Crippen MR) is 82.9 cm³/mol. The van der Waals surface area contributed by atoms with E-state index in [9.17, 15) is 14.0 Å². The van der Waals surface area contributed by atoms with Gasteiger partial charge in [-0.2, -0.15) is 0 Å². The number of amides is 1. The van der Waals surface area contributed by atoms with Gasteiger partial charge < -0.3 is 10.1 Å². The van der Waals surface area contributed by atoms with Gasteiger partial charge in [0.1, 0.15) is 0 Å². The number of ether oxygens (including phenoxy) is 1. The van der Waals surface area contributed by atoms with E-state index in [0.717, 1.165) is 12.8 Å². The summed E-state index contributed by atoms with van der Waals surface area (Å²) in [6.45, 7) is 0.548. The molecule has 2 aromatic rings. The van der Waals surface area contributed by atoms with Crippen LogP contribution in [0, 0.1) is 11.7 Å². The average molecular weight is 313 g/mol. The van der Waals surface area contributed by atoms with Crippen molar-refractivity contribution in [2.45, 2.75) is 12.8 Å². The summed E-state index contributed by atoms with van der Waals surface area (Å²) in [5, 5.41) is 2.69. The van der Waals surface area contributed by atoms with E-state index in [-0.39, 0.29) is 11.3 Å². The molecule has 2 aromatic carbocycles. The van der Waals surface area contributed by atoms with Crippen molar-refractivity contribution in [3.63, 3.8) is 0 Å². The van der Waals surface area contributed by atoms with Crippen molar-refractivity contribution in [3.8, 4) is 5.75 Å². The first-order valence-corrected chi connectivity index (χ1v) is 7.49. The zero-order chi connectivity index (χ0) is 16.2. The molecule has 0 bridgehead atoms. The minimum atomic E-state index is -0.829. The molecule has 0 heterocycles. The van der Waals surface area contributed by atoms with Gasteiger partial charge in [0.2, 0.25) is 0 Å². The van der Waals surface area contributed by atoms with Gasteiger partial charge in [-0.15, -0.1) is 0 Å². The maximum absolute atomic E-state index is 14.4. The molecule has 1 fully saturated rings. The van der Waals surface area contributed by atoms with Gasteiger partial charge in [-0.25, -0.2) is 9.18 Å². The topological polar surface area (TPSA) is 55.4 Å². The molecule has 0 saturated heterocycles. The molecule has 1 saturated carbocycles. The van der Waals surface area contributed by atoms with E-state index in [2.05, 4.69) is 5.32 Å². The Hall–Kier alpha value is -2.69. The second-order valence-corrected chi connectivity index (χ2v) is 5.53. The highest BCUT2D eigenvalue weighted by Crippen LogP contribution is 2.28. The van der Waals surface area contributed by atoms with Crippen molar-refractivity contribution in [2.24, 2.45) is 5.92 Å². The highest BCUT2D eigenvalue weighted by molar-refractivity contribution is 5.95. The van der Waals surface area contributed by atoms with Gasteiger partial charge in [0.15, 0.2) is 11.6 Å². The number of hydrogen-bond acceptors (Lipinski definition) is 3. The van der Waals surface area contributed by atoms with Gasteiger partial charge in [0, 0.05) is 6.54 Å². The number of esters is 1. The lowest BCUT2D eigenvalue weighted by Crippen LogP contribution is -2.26. The number of carbonyl (C=O) groups is 2. The van der Waals surface area contributed by atoms with Crippen LogP contribution in [0.15, 0.2) is 48.5 Å². The van der Waals surface area contributed by atoms with Crippen molar-refractivity contribution >= 4 is 11.9 Å². The van der Waals surface area contributed by atoms with Crippen molar-refractivity contribution in [1.29, 1.82) is 0 Å². The lowest BCUT2D eigenvalue weighted by Gasteiger charge is -2.09. The number of hydrogen-bond donors (Lipinski definition) is 1. The fraction of sp³-hybridized carbons (Fsp3) is 0.222. The second-order valence-electron chi connectivity index (χ2n) is 5.53. The molecular formula is C18H16FNO3. The zero-order valence-electron chi connectivity index (χ0n) is 12.4. The molecule has 0 unspecified atom stereocenters. The Morgan fingerprint density at radius 3 is 2.52 bits per heavy atom. The van der Waals surface area contributed by atoms with E-state index in [1.165, 1.54) is 18.2 Å². The monoisotopic (exact) mass is 313 g/mol. The number of nitrogens with one attached hydrogen (secondary N) is 1. The van der Waals surface area contributed by atoms with E-state index in [1.54, 1.807) is 30.3 Å². The fourth-order valence-corrected chi connectivity index (χ4v) is 2.15. The number of carbonyl (C=O) groups excluding carboxylic acids is 2. The van der Waals surface area contributed by atoms with E-state index in [0.29, 0.717) is 18.0 Å². The molecule has 3 rings (SSSR count). The molecule has 0 aromatic heterocycles. The minimum absolute atomic E-state index is 0.121. The Balaban J connectivity index is 1.73. The Bertz CT molecular complexity index is 726. The lowest BCUT2D eigenvalue weighted by atomic mass is 10.1. The molecule has 0 aliphatic heterocycles. The van der Waals surface area contributed by atoms with Gasteiger partial charge in [-0.05, 0) is 43.0 Å². The highest BCUT2D eigenvalue weighted by atomic mass is 19.1. The molecule has 23 heavy (non-hydrogen) atoms. The van der Waals surface area contributed by atoms with Crippen LogP contribution in [-0.4, -0.2) is 18.4 Å².